The summed E-state index contributed by atoms with van der Waals surface area (Å²) in [5.74, 6) is 1.69. The Hall–Kier alpha value is -3.64. The number of aliphatic hydroxyl groups is 1. The molecule has 1 aromatic heterocycles. The molecule has 4 aromatic rings. The fourth-order valence-corrected chi connectivity index (χ4v) is 4.99. The molecule has 1 amide bonds. The molecule has 180 valence electrons. The molecule has 35 heavy (non-hydrogen) atoms. The van der Waals surface area contributed by atoms with Crippen molar-refractivity contribution < 1.29 is 14.6 Å². The van der Waals surface area contributed by atoms with Gasteiger partial charge in [0.2, 0.25) is 5.91 Å². The first kappa shape index (κ1) is 23.1. The molecule has 0 unspecified atom stereocenters. The van der Waals surface area contributed by atoms with Gasteiger partial charge in [-0.25, -0.2) is 4.98 Å². The summed E-state index contributed by atoms with van der Waals surface area (Å²) < 4.78 is 8.07. The molecule has 1 fully saturated rings. The number of imidazole rings is 1. The molecular formula is C29H31N3O3. The van der Waals surface area contributed by atoms with Crippen molar-refractivity contribution in [2.45, 2.75) is 45.8 Å². The Morgan fingerprint density at radius 2 is 1.77 bits per heavy atom. The summed E-state index contributed by atoms with van der Waals surface area (Å²) in [6.07, 6.45) is -0.331. The maximum absolute atomic E-state index is 13.0. The van der Waals surface area contributed by atoms with Gasteiger partial charge in [0, 0.05) is 24.6 Å². The summed E-state index contributed by atoms with van der Waals surface area (Å²) in [5.41, 5.74) is 5.96. The molecule has 2 heterocycles. The van der Waals surface area contributed by atoms with Gasteiger partial charge in [-0.1, -0.05) is 42.5 Å². The first-order valence-corrected chi connectivity index (χ1v) is 12.1. The molecule has 6 heteroatoms. The maximum atomic E-state index is 13.0. The van der Waals surface area contributed by atoms with Gasteiger partial charge in [0.05, 0.1) is 17.6 Å². The van der Waals surface area contributed by atoms with Crippen molar-refractivity contribution in [3.8, 4) is 5.75 Å². The number of aryl methyl sites for hydroxylation is 3. The second-order valence-corrected chi connectivity index (χ2v) is 9.50. The lowest BCUT2D eigenvalue weighted by Crippen LogP contribution is -2.26. The minimum Gasteiger partial charge on any atom is -0.490 e. The Labute approximate surface area is 205 Å². The van der Waals surface area contributed by atoms with Gasteiger partial charge < -0.3 is 19.3 Å². The highest BCUT2D eigenvalue weighted by Crippen LogP contribution is 2.33. The van der Waals surface area contributed by atoms with Crippen molar-refractivity contribution in [2.75, 3.05) is 18.1 Å². The van der Waals surface area contributed by atoms with E-state index in [4.69, 9.17) is 9.72 Å². The number of carbonyl (C=O) groups excluding carboxylic acids is 1. The highest BCUT2D eigenvalue weighted by molar-refractivity contribution is 5.96. The number of nitrogens with zero attached hydrogens (tertiary/aromatic N) is 3. The quantitative estimate of drug-likeness (QED) is 0.417. The van der Waals surface area contributed by atoms with Gasteiger partial charge in [0.25, 0.3) is 0 Å². The van der Waals surface area contributed by atoms with Gasteiger partial charge in [-0.15, -0.1) is 0 Å². The van der Waals surface area contributed by atoms with Crippen LogP contribution in [0.3, 0.4) is 0 Å². The molecule has 3 aromatic carbocycles. The molecule has 5 rings (SSSR count). The molecule has 0 aliphatic carbocycles. The zero-order valence-electron chi connectivity index (χ0n) is 20.4. The Morgan fingerprint density at radius 1 is 1.03 bits per heavy atom. The van der Waals surface area contributed by atoms with Crippen LogP contribution in [0.1, 0.15) is 34.9 Å². The van der Waals surface area contributed by atoms with Gasteiger partial charge >= 0.3 is 0 Å². The maximum Gasteiger partial charge on any atom is 0.227 e. The number of aliphatic hydroxyl groups excluding tert-OH is 1. The second-order valence-electron chi connectivity index (χ2n) is 9.50. The van der Waals surface area contributed by atoms with Crippen LogP contribution in [-0.4, -0.2) is 39.8 Å². The molecule has 0 spiro atoms. The predicted octanol–water partition coefficient (Wildman–Crippen LogP) is 4.92. The smallest absolute Gasteiger partial charge is 0.227 e. The molecule has 1 N–H and O–H groups in total. The van der Waals surface area contributed by atoms with Crippen LogP contribution in [0.5, 0.6) is 5.75 Å². The third kappa shape index (κ3) is 4.66. The van der Waals surface area contributed by atoms with Crippen molar-refractivity contribution in [1.29, 1.82) is 0 Å². The molecule has 0 radical (unpaired) electrons. The lowest BCUT2D eigenvalue weighted by molar-refractivity contribution is -0.117. The fraction of sp³-hybridized carbons (Fsp3) is 0.310. The van der Waals surface area contributed by atoms with E-state index >= 15 is 0 Å². The van der Waals surface area contributed by atoms with Gasteiger partial charge in [-0.05, 0) is 61.7 Å². The molecule has 0 saturated carbocycles. The van der Waals surface area contributed by atoms with Gasteiger partial charge in [0.1, 0.15) is 24.3 Å². The Kier molecular flexibility index (Phi) is 6.31. The number of amides is 1. The van der Waals surface area contributed by atoms with Gasteiger partial charge in [-0.2, -0.15) is 0 Å². The SMILES string of the molecule is Cc1cccc(N2C[C@H](c3nc4ccccc4n3C[C@H](O)COc3c(C)cccc3C)CC2=O)c1. The number of benzene rings is 3. The molecule has 2 atom stereocenters. The largest absolute Gasteiger partial charge is 0.490 e. The third-order valence-corrected chi connectivity index (χ3v) is 6.71. The van der Waals surface area contributed by atoms with E-state index in [1.165, 1.54) is 0 Å². The van der Waals surface area contributed by atoms with Crippen molar-refractivity contribution in [3.05, 3.63) is 89.2 Å². The van der Waals surface area contributed by atoms with E-state index < -0.39 is 6.10 Å². The first-order chi connectivity index (χ1) is 16.9. The molecule has 6 nitrogen and oxygen atoms in total. The predicted molar refractivity (Wildman–Crippen MR) is 138 cm³/mol. The van der Waals surface area contributed by atoms with Crippen LogP contribution in [0.25, 0.3) is 11.0 Å². The van der Waals surface area contributed by atoms with Crippen LogP contribution < -0.4 is 9.64 Å². The molecule has 1 aliphatic rings. The number of anilines is 1. The van der Waals surface area contributed by atoms with Gasteiger partial charge in [-0.3, -0.25) is 4.79 Å². The second kappa shape index (κ2) is 9.55. The van der Waals surface area contributed by atoms with E-state index in [1.807, 2.05) is 92.4 Å². The molecule has 0 bridgehead atoms. The van der Waals surface area contributed by atoms with E-state index in [1.54, 1.807) is 0 Å². The van der Waals surface area contributed by atoms with Crippen molar-refractivity contribution in [1.82, 2.24) is 9.55 Å². The zero-order chi connectivity index (χ0) is 24.5. The summed E-state index contributed by atoms with van der Waals surface area (Å²) in [5, 5.41) is 11.0. The average molecular weight is 470 g/mol. The molecule has 1 aliphatic heterocycles. The summed E-state index contributed by atoms with van der Waals surface area (Å²) in [7, 11) is 0. The Bertz CT molecular complexity index is 1360. The number of aromatic nitrogens is 2. The summed E-state index contributed by atoms with van der Waals surface area (Å²) in [6, 6.07) is 22.0. The highest BCUT2D eigenvalue weighted by Gasteiger charge is 2.35. The van der Waals surface area contributed by atoms with Crippen LogP contribution in [0.15, 0.2) is 66.7 Å². The average Bonchev–Trinajstić information content (AvgIpc) is 3.39. The number of fused-ring (bicyclic) bond motifs is 1. The van der Waals surface area contributed by atoms with E-state index in [-0.39, 0.29) is 18.4 Å². The normalized spacial score (nSPS) is 16.7. The van der Waals surface area contributed by atoms with Crippen molar-refractivity contribution in [2.24, 2.45) is 0 Å². The Balaban J connectivity index is 1.39. The molecular weight excluding hydrogens is 438 g/mol. The summed E-state index contributed by atoms with van der Waals surface area (Å²) in [4.78, 5) is 19.7. The number of ether oxygens (including phenoxy) is 1. The van der Waals surface area contributed by atoms with Crippen molar-refractivity contribution >= 4 is 22.6 Å². The van der Waals surface area contributed by atoms with Crippen LogP contribution in [0.2, 0.25) is 0 Å². The topological polar surface area (TPSA) is 67.6 Å². The van der Waals surface area contributed by atoms with Crippen molar-refractivity contribution in [3.63, 3.8) is 0 Å². The fourth-order valence-electron chi connectivity index (χ4n) is 4.99. The number of hydrogen-bond acceptors (Lipinski definition) is 4. The van der Waals surface area contributed by atoms with Crippen LogP contribution in [0, 0.1) is 20.8 Å². The highest BCUT2D eigenvalue weighted by atomic mass is 16.5. The number of para-hydroxylation sites is 3. The van der Waals surface area contributed by atoms with E-state index in [0.29, 0.717) is 19.5 Å². The minimum atomic E-state index is -0.727. The van der Waals surface area contributed by atoms with E-state index in [0.717, 1.165) is 45.0 Å². The standard InChI is InChI=1S/C29H31N3O3/c1-19-8-6-11-23(14-19)31-16-22(15-27(31)34)29-30-25-12-4-5-13-26(25)32(29)17-24(33)18-35-28-20(2)9-7-10-21(28)3/h4-14,22,24,33H,15-18H2,1-3H3/t22-,24+/m1/s1. The zero-order valence-corrected chi connectivity index (χ0v) is 20.4. The van der Waals surface area contributed by atoms with Crippen LogP contribution >= 0.6 is 0 Å². The lowest BCUT2D eigenvalue weighted by Gasteiger charge is -2.20. The summed E-state index contributed by atoms with van der Waals surface area (Å²) in [6.45, 7) is 7.14. The van der Waals surface area contributed by atoms with Gasteiger partial charge in [0.15, 0.2) is 0 Å². The Morgan fingerprint density at radius 3 is 2.54 bits per heavy atom. The monoisotopic (exact) mass is 469 g/mol. The number of carbonyl (C=O) groups is 1. The molecule has 1 saturated heterocycles. The first-order valence-electron chi connectivity index (χ1n) is 12.1. The van der Waals surface area contributed by atoms with Crippen LogP contribution in [-0.2, 0) is 11.3 Å². The van der Waals surface area contributed by atoms with E-state index in [9.17, 15) is 9.90 Å². The number of hydrogen-bond donors (Lipinski definition) is 1. The lowest BCUT2D eigenvalue weighted by atomic mass is 10.1. The third-order valence-electron chi connectivity index (χ3n) is 6.71. The van der Waals surface area contributed by atoms with Crippen LogP contribution in [0.4, 0.5) is 5.69 Å². The van der Waals surface area contributed by atoms with E-state index in [2.05, 4.69) is 4.57 Å². The number of rotatable bonds is 7. The minimum absolute atomic E-state index is 0.0536. The summed E-state index contributed by atoms with van der Waals surface area (Å²) >= 11 is 0.